The molecule has 0 N–H and O–H groups in total. The van der Waals surface area contributed by atoms with E-state index in [2.05, 4.69) is 71.8 Å². The Balaban J connectivity index is 1.94. The molecule has 2 aliphatic rings. The summed E-state index contributed by atoms with van der Waals surface area (Å²) in [4.78, 5) is 7.12. The monoisotopic (exact) mass is 278 g/mol. The summed E-state index contributed by atoms with van der Waals surface area (Å²) in [6.45, 7) is 2.15. The van der Waals surface area contributed by atoms with Crippen LogP contribution in [0.4, 0.5) is 5.69 Å². The first kappa shape index (κ1) is 11.8. The molecule has 0 saturated carbocycles. The lowest BCUT2D eigenvalue weighted by Crippen LogP contribution is -2.31. The van der Waals surface area contributed by atoms with Crippen molar-refractivity contribution in [3.8, 4) is 0 Å². The summed E-state index contributed by atoms with van der Waals surface area (Å²) in [5, 5.41) is 3.26. The van der Waals surface area contributed by atoms with Crippen LogP contribution in [-0.2, 0) is 0 Å². The summed E-state index contributed by atoms with van der Waals surface area (Å²) in [5.74, 6) is 0. The second-order valence-corrected chi connectivity index (χ2v) is 5.85. The van der Waals surface area contributed by atoms with Gasteiger partial charge < -0.3 is 4.90 Å². The van der Waals surface area contributed by atoms with Gasteiger partial charge in [-0.05, 0) is 24.0 Å². The van der Waals surface area contributed by atoms with Crippen LogP contribution in [0.3, 0.4) is 0 Å². The van der Waals surface area contributed by atoms with Crippen LogP contribution >= 0.6 is 11.8 Å². The van der Waals surface area contributed by atoms with Gasteiger partial charge in [-0.1, -0.05) is 60.3 Å². The Morgan fingerprint density at radius 3 is 2.60 bits per heavy atom. The van der Waals surface area contributed by atoms with Gasteiger partial charge >= 0.3 is 0 Å². The minimum absolute atomic E-state index is 0.228. The van der Waals surface area contributed by atoms with E-state index in [-0.39, 0.29) is 6.04 Å². The van der Waals surface area contributed by atoms with Gasteiger partial charge in [0.2, 0.25) is 0 Å². The molecule has 0 fully saturated rings. The van der Waals surface area contributed by atoms with E-state index in [1.54, 1.807) is 11.8 Å². The molecule has 2 aliphatic heterocycles. The molecule has 20 heavy (non-hydrogen) atoms. The molecule has 3 heteroatoms. The number of rotatable bonds is 1. The van der Waals surface area contributed by atoms with Crippen LogP contribution in [0, 0.1) is 0 Å². The van der Waals surface area contributed by atoms with Gasteiger partial charge in [0, 0.05) is 11.3 Å². The van der Waals surface area contributed by atoms with Crippen molar-refractivity contribution in [1.29, 1.82) is 0 Å². The predicted molar refractivity (Wildman–Crippen MR) is 85.0 cm³/mol. The molecule has 0 spiro atoms. The molecular formula is C17H14N2S. The zero-order valence-corrected chi connectivity index (χ0v) is 12.0. The van der Waals surface area contributed by atoms with Gasteiger partial charge in [0.15, 0.2) is 5.17 Å². The zero-order chi connectivity index (χ0) is 13.5. The van der Waals surface area contributed by atoms with E-state index in [0.29, 0.717) is 0 Å². The Hall–Kier alpha value is -2.00. The van der Waals surface area contributed by atoms with E-state index in [1.807, 2.05) is 0 Å². The Morgan fingerprint density at radius 2 is 1.75 bits per heavy atom. The van der Waals surface area contributed by atoms with Crippen molar-refractivity contribution >= 4 is 22.6 Å². The Bertz CT molecular complexity index is 719. The normalized spacial score (nSPS) is 20.1. The largest absolute Gasteiger partial charge is 0.312 e. The number of hydrogen-bond donors (Lipinski definition) is 0. The molecule has 4 rings (SSSR count). The molecule has 2 aromatic carbocycles. The second-order valence-electron chi connectivity index (χ2n) is 5.01. The Morgan fingerprint density at radius 1 is 1.00 bits per heavy atom. The third-order valence-corrected chi connectivity index (χ3v) is 4.70. The minimum atomic E-state index is 0.228. The predicted octanol–water partition coefficient (Wildman–Crippen LogP) is 4.69. The number of thioether (sulfide) groups is 1. The quantitative estimate of drug-likeness (QED) is 0.752. The summed E-state index contributed by atoms with van der Waals surface area (Å²) in [6.07, 6.45) is 0. The van der Waals surface area contributed by atoms with Gasteiger partial charge in [-0.2, -0.15) is 0 Å². The number of hydrogen-bond acceptors (Lipinski definition) is 3. The SMILES string of the molecule is CC1=CSC2=Nc3ccccc3[C@@H](c3ccccc3)N12. The highest BCUT2D eigenvalue weighted by Crippen LogP contribution is 2.45. The number of para-hydroxylation sites is 1. The third-order valence-electron chi connectivity index (χ3n) is 3.74. The van der Waals surface area contributed by atoms with Crippen LogP contribution in [0.2, 0.25) is 0 Å². The van der Waals surface area contributed by atoms with Crippen LogP contribution in [0.1, 0.15) is 24.1 Å². The molecule has 0 bridgehead atoms. The van der Waals surface area contributed by atoms with Crippen molar-refractivity contribution in [2.45, 2.75) is 13.0 Å². The molecule has 0 unspecified atom stereocenters. The van der Waals surface area contributed by atoms with Crippen LogP contribution in [0.25, 0.3) is 0 Å². The van der Waals surface area contributed by atoms with Gasteiger partial charge in [0.1, 0.15) is 0 Å². The highest BCUT2D eigenvalue weighted by molar-refractivity contribution is 8.16. The summed E-state index contributed by atoms with van der Waals surface area (Å²) >= 11 is 1.71. The van der Waals surface area contributed by atoms with E-state index >= 15 is 0 Å². The maximum Gasteiger partial charge on any atom is 0.173 e. The summed E-state index contributed by atoms with van der Waals surface area (Å²) < 4.78 is 0. The molecule has 2 aromatic rings. The van der Waals surface area contributed by atoms with Gasteiger partial charge in [-0.3, -0.25) is 0 Å². The Kier molecular flexibility index (Phi) is 2.67. The number of amidine groups is 1. The lowest BCUT2D eigenvalue weighted by molar-refractivity contribution is 0.442. The molecule has 2 heterocycles. The maximum absolute atomic E-state index is 4.79. The smallest absolute Gasteiger partial charge is 0.173 e. The van der Waals surface area contributed by atoms with Gasteiger partial charge in [-0.25, -0.2) is 4.99 Å². The first-order valence-corrected chi connectivity index (χ1v) is 7.58. The molecule has 0 radical (unpaired) electrons. The molecule has 1 atom stereocenters. The molecule has 0 aliphatic carbocycles. The molecule has 98 valence electrons. The number of nitrogens with zero attached hydrogens (tertiary/aromatic N) is 2. The Labute approximate surface area is 122 Å². The lowest BCUT2D eigenvalue weighted by atomic mass is 9.94. The van der Waals surface area contributed by atoms with Crippen LogP contribution in [-0.4, -0.2) is 10.1 Å². The number of benzene rings is 2. The minimum Gasteiger partial charge on any atom is -0.312 e. The van der Waals surface area contributed by atoms with Crippen molar-refractivity contribution in [3.63, 3.8) is 0 Å². The highest BCUT2D eigenvalue weighted by atomic mass is 32.2. The van der Waals surface area contributed by atoms with Crippen LogP contribution < -0.4 is 0 Å². The molecule has 0 amide bonds. The first-order valence-electron chi connectivity index (χ1n) is 6.70. The van der Waals surface area contributed by atoms with Gasteiger partial charge in [0.05, 0.1) is 11.7 Å². The average Bonchev–Trinajstić information content (AvgIpc) is 2.87. The maximum atomic E-state index is 4.79. The van der Waals surface area contributed by atoms with E-state index < -0.39 is 0 Å². The van der Waals surface area contributed by atoms with Gasteiger partial charge in [-0.15, -0.1) is 0 Å². The third kappa shape index (κ3) is 1.70. The molecule has 0 aromatic heterocycles. The van der Waals surface area contributed by atoms with Crippen molar-refractivity contribution in [1.82, 2.24) is 4.90 Å². The van der Waals surface area contributed by atoms with Gasteiger partial charge in [0.25, 0.3) is 0 Å². The molecule has 2 nitrogen and oxygen atoms in total. The summed E-state index contributed by atoms with van der Waals surface area (Å²) in [6, 6.07) is 19.3. The molecule has 0 saturated heterocycles. The zero-order valence-electron chi connectivity index (χ0n) is 11.2. The van der Waals surface area contributed by atoms with Crippen molar-refractivity contribution in [2.24, 2.45) is 4.99 Å². The van der Waals surface area contributed by atoms with E-state index in [1.165, 1.54) is 16.8 Å². The lowest BCUT2D eigenvalue weighted by Gasteiger charge is -2.35. The fourth-order valence-corrected chi connectivity index (χ4v) is 3.73. The number of fused-ring (bicyclic) bond motifs is 2. The summed E-state index contributed by atoms with van der Waals surface area (Å²) in [7, 11) is 0. The highest BCUT2D eigenvalue weighted by Gasteiger charge is 2.34. The number of aliphatic imine (C=N–C) groups is 1. The number of allylic oxidation sites excluding steroid dienone is 1. The van der Waals surface area contributed by atoms with Crippen molar-refractivity contribution in [2.75, 3.05) is 0 Å². The standard InChI is InChI=1S/C17H14N2S/c1-12-11-20-17-18-15-10-6-5-9-14(15)16(19(12)17)13-7-3-2-4-8-13/h2-11,16H,1H3/t16-/m1/s1. The second kappa shape index (κ2) is 4.53. The van der Waals surface area contributed by atoms with E-state index in [4.69, 9.17) is 4.99 Å². The topological polar surface area (TPSA) is 15.6 Å². The fourth-order valence-electron chi connectivity index (χ4n) is 2.82. The van der Waals surface area contributed by atoms with Crippen LogP contribution in [0.5, 0.6) is 0 Å². The first-order chi connectivity index (χ1) is 9.84. The van der Waals surface area contributed by atoms with E-state index in [0.717, 1.165) is 10.9 Å². The van der Waals surface area contributed by atoms with Crippen molar-refractivity contribution < 1.29 is 0 Å². The molecular weight excluding hydrogens is 264 g/mol. The van der Waals surface area contributed by atoms with E-state index in [9.17, 15) is 0 Å². The van der Waals surface area contributed by atoms with Crippen LogP contribution in [0.15, 0.2) is 70.7 Å². The average molecular weight is 278 g/mol. The van der Waals surface area contributed by atoms with Crippen molar-refractivity contribution in [3.05, 3.63) is 76.8 Å². The fraction of sp³-hybridized carbons (Fsp3) is 0.118. The summed E-state index contributed by atoms with van der Waals surface area (Å²) in [5.41, 5.74) is 4.93.